The minimum Gasteiger partial charge on any atom is -0.494 e. The van der Waals surface area contributed by atoms with Crippen molar-refractivity contribution in [3.63, 3.8) is 0 Å². The van der Waals surface area contributed by atoms with Gasteiger partial charge in [-0.2, -0.15) is 0 Å². The number of carbonyl (C=O) groups is 1. The molecule has 1 aromatic carbocycles. The molecule has 5 heteroatoms. The molecule has 1 aromatic rings. The van der Waals surface area contributed by atoms with Gasteiger partial charge >= 0.3 is 0 Å². The molecule has 0 atom stereocenters. The first-order valence-corrected chi connectivity index (χ1v) is 6.61. The molecule has 0 bridgehead atoms. The van der Waals surface area contributed by atoms with Crippen molar-refractivity contribution in [3.05, 3.63) is 23.8 Å². The zero-order valence-electron chi connectivity index (χ0n) is 11.2. The number of nitrogens with zero attached hydrogens (tertiary/aromatic N) is 1. The molecule has 0 radical (unpaired) electrons. The lowest BCUT2D eigenvalue weighted by Gasteiger charge is -2.20. The number of nitrogen functional groups attached to an aromatic ring is 1. The number of nitrogens with two attached hydrogens (primary N) is 1. The third-order valence-corrected chi connectivity index (χ3v) is 3.00. The number of rotatable bonds is 3. The third-order valence-electron chi connectivity index (χ3n) is 3.00. The molecule has 1 aliphatic heterocycles. The zero-order valence-corrected chi connectivity index (χ0v) is 11.2. The van der Waals surface area contributed by atoms with Crippen molar-refractivity contribution >= 4 is 11.6 Å². The summed E-state index contributed by atoms with van der Waals surface area (Å²) in [6.45, 7) is 5.10. The van der Waals surface area contributed by atoms with Gasteiger partial charge in [0.2, 0.25) is 0 Å². The van der Waals surface area contributed by atoms with E-state index in [4.69, 9.17) is 15.2 Å². The summed E-state index contributed by atoms with van der Waals surface area (Å²) in [4.78, 5) is 14.2. The molecule has 0 saturated carbocycles. The first-order chi connectivity index (χ1) is 9.20. The highest BCUT2D eigenvalue weighted by molar-refractivity contribution is 5.95. The monoisotopic (exact) mass is 264 g/mol. The van der Waals surface area contributed by atoms with Crippen molar-refractivity contribution in [2.24, 2.45) is 0 Å². The van der Waals surface area contributed by atoms with Gasteiger partial charge in [0.15, 0.2) is 0 Å². The van der Waals surface area contributed by atoms with E-state index in [0.717, 1.165) is 13.0 Å². The first kappa shape index (κ1) is 13.7. The van der Waals surface area contributed by atoms with Crippen LogP contribution in [-0.4, -0.2) is 43.7 Å². The number of hydrogen-bond acceptors (Lipinski definition) is 4. The molecule has 5 nitrogen and oxygen atoms in total. The van der Waals surface area contributed by atoms with Gasteiger partial charge in [-0.3, -0.25) is 4.79 Å². The molecule has 2 rings (SSSR count). The van der Waals surface area contributed by atoms with Crippen LogP contribution in [0.2, 0.25) is 0 Å². The van der Waals surface area contributed by atoms with E-state index in [-0.39, 0.29) is 5.91 Å². The summed E-state index contributed by atoms with van der Waals surface area (Å²) in [5, 5.41) is 0. The van der Waals surface area contributed by atoms with Gasteiger partial charge in [-0.05, 0) is 25.5 Å². The van der Waals surface area contributed by atoms with Crippen molar-refractivity contribution in [2.45, 2.75) is 13.3 Å². The Bertz CT molecular complexity index is 440. The second-order valence-electron chi connectivity index (χ2n) is 4.48. The van der Waals surface area contributed by atoms with E-state index in [9.17, 15) is 4.79 Å². The molecule has 0 aliphatic carbocycles. The molecule has 1 amide bonds. The average molecular weight is 264 g/mol. The standard InChI is InChI=1S/C14H20N2O3/c1-2-19-13-9-11(8-12(15)10-13)14(17)16-4-3-6-18-7-5-16/h8-10H,2-7,15H2,1H3. The van der Waals surface area contributed by atoms with E-state index in [0.29, 0.717) is 43.4 Å². The Balaban J connectivity index is 2.17. The minimum atomic E-state index is -0.0150. The maximum atomic E-state index is 12.4. The molecule has 19 heavy (non-hydrogen) atoms. The molecule has 1 heterocycles. The van der Waals surface area contributed by atoms with Gasteiger partial charge in [-0.1, -0.05) is 0 Å². The fourth-order valence-corrected chi connectivity index (χ4v) is 2.13. The SMILES string of the molecule is CCOc1cc(N)cc(C(=O)N2CCCOCC2)c1. The number of amides is 1. The topological polar surface area (TPSA) is 64.8 Å². The minimum absolute atomic E-state index is 0.0150. The summed E-state index contributed by atoms with van der Waals surface area (Å²) in [6, 6.07) is 5.16. The maximum absolute atomic E-state index is 12.4. The smallest absolute Gasteiger partial charge is 0.254 e. The third kappa shape index (κ3) is 3.61. The predicted molar refractivity (Wildman–Crippen MR) is 73.4 cm³/mol. The highest BCUT2D eigenvalue weighted by Crippen LogP contribution is 2.20. The Kier molecular flexibility index (Phi) is 4.63. The first-order valence-electron chi connectivity index (χ1n) is 6.61. The fraction of sp³-hybridized carbons (Fsp3) is 0.500. The average Bonchev–Trinajstić information content (AvgIpc) is 2.66. The van der Waals surface area contributed by atoms with Crippen LogP contribution in [0, 0.1) is 0 Å². The van der Waals surface area contributed by atoms with Gasteiger partial charge in [-0.25, -0.2) is 0 Å². The van der Waals surface area contributed by atoms with E-state index in [2.05, 4.69) is 0 Å². The van der Waals surface area contributed by atoms with Crippen molar-refractivity contribution in [3.8, 4) is 5.75 Å². The highest BCUT2D eigenvalue weighted by Gasteiger charge is 2.18. The molecule has 1 saturated heterocycles. The lowest BCUT2D eigenvalue weighted by atomic mass is 10.1. The Morgan fingerprint density at radius 1 is 1.37 bits per heavy atom. The van der Waals surface area contributed by atoms with Crippen molar-refractivity contribution < 1.29 is 14.3 Å². The summed E-state index contributed by atoms with van der Waals surface area (Å²) in [7, 11) is 0. The number of carbonyl (C=O) groups excluding carboxylic acids is 1. The lowest BCUT2D eigenvalue weighted by molar-refractivity contribution is 0.0741. The summed E-state index contributed by atoms with van der Waals surface area (Å²) >= 11 is 0. The molecular formula is C14H20N2O3. The quantitative estimate of drug-likeness (QED) is 0.841. The van der Waals surface area contributed by atoms with Gasteiger partial charge in [0.1, 0.15) is 5.75 Å². The maximum Gasteiger partial charge on any atom is 0.254 e. The van der Waals surface area contributed by atoms with E-state index in [1.165, 1.54) is 0 Å². The van der Waals surface area contributed by atoms with E-state index in [1.54, 1.807) is 23.1 Å². The fourth-order valence-electron chi connectivity index (χ4n) is 2.13. The Morgan fingerprint density at radius 3 is 3.00 bits per heavy atom. The van der Waals surface area contributed by atoms with Crippen LogP contribution in [0.4, 0.5) is 5.69 Å². The molecule has 0 spiro atoms. The van der Waals surface area contributed by atoms with Gasteiger partial charge in [0.25, 0.3) is 5.91 Å². The second kappa shape index (κ2) is 6.43. The number of ether oxygens (including phenoxy) is 2. The molecule has 104 valence electrons. The number of hydrogen-bond donors (Lipinski definition) is 1. The number of anilines is 1. The molecule has 1 fully saturated rings. The van der Waals surface area contributed by atoms with Gasteiger partial charge < -0.3 is 20.1 Å². The van der Waals surface area contributed by atoms with Crippen LogP contribution in [0.15, 0.2) is 18.2 Å². The summed E-state index contributed by atoms with van der Waals surface area (Å²) in [5.74, 6) is 0.621. The van der Waals surface area contributed by atoms with Crippen LogP contribution in [-0.2, 0) is 4.74 Å². The van der Waals surface area contributed by atoms with E-state index in [1.807, 2.05) is 6.92 Å². The summed E-state index contributed by atoms with van der Waals surface area (Å²) < 4.78 is 10.8. The zero-order chi connectivity index (χ0) is 13.7. The van der Waals surface area contributed by atoms with Gasteiger partial charge in [0.05, 0.1) is 13.2 Å². The molecule has 2 N–H and O–H groups in total. The van der Waals surface area contributed by atoms with Crippen LogP contribution in [0.3, 0.4) is 0 Å². The Morgan fingerprint density at radius 2 is 2.21 bits per heavy atom. The van der Waals surface area contributed by atoms with E-state index < -0.39 is 0 Å². The molecular weight excluding hydrogens is 244 g/mol. The lowest BCUT2D eigenvalue weighted by Crippen LogP contribution is -2.33. The molecule has 1 aliphatic rings. The van der Waals surface area contributed by atoms with Gasteiger partial charge in [0, 0.05) is 37.0 Å². The Labute approximate surface area is 113 Å². The largest absolute Gasteiger partial charge is 0.494 e. The van der Waals surface area contributed by atoms with Crippen molar-refractivity contribution in [1.29, 1.82) is 0 Å². The van der Waals surface area contributed by atoms with Crippen molar-refractivity contribution in [2.75, 3.05) is 38.6 Å². The molecule has 0 aromatic heterocycles. The van der Waals surface area contributed by atoms with E-state index >= 15 is 0 Å². The van der Waals surface area contributed by atoms with Crippen LogP contribution in [0.1, 0.15) is 23.7 Å². The van der Waals surface area contributed by atoms with Crippen LogP contribution in [0.25, 0.3) is 0 Å². The number of benzene rings is 1. The van der Waals surface area contributed by atoms with Crippen molar-refractivity contribution in [1.82, 2.24) is 4.90 Å². The Hall–Kier alpha value is -1.75. The predicted octanol–water partition coefficient (Wildman–Crippen LogP) is 1.53. The summed E-state index contributed by atoms with van der Waals surface area (Å²) in [6.07, 6.45) is 0.867. The molecule has 0 unspecified atom stereocenters. The second-order valence-corrected chi connectivity index (χ2v) is 4.48. The normalized spacial score (nSPS) is 15.9. The van der Waals surface area contributed by atoms with Gasteiger partial charge in [-0.15, -0.1) is 0 Å². The summed E-state index contributed by atoms with van der Waals surface area (Å²) in [5.41, 5.74) is 6.93. The van der Waals surface area contributed by atoms with Crippen LogP contribution >= 0.6 is 0 Å². The highest BCUT2D eigenvalue weighted by atomic mass is 16.5. The van der Waals surface area contributed by atoms with Crippen LogP contribution in [0.5, 0.6) is 5.75 Å². The van der Waals surface area contributed by atoms with Crippen LogP contribution < -0.4 is 10.5 Å².